The summed E-state index contributed by atoms with van der Waals surface area (Å²) in [6, 6.07) is 5.72. The third-order valence-corrected chi connectivity index (χ3v) is 2.60. The molecule has 0 saturated heterocycles. The van der Waals surface area contributed by atoms with E-state index in [2.05, 4.69) is 0 Å². The van der Waals surface area contributed by atoms with Gasteiger partial charge >= 0.3 is 29.6 Å². The molecule has 0 saturated carbocycles. The molecule has 0 amide bonds. The van der Waals surface area contributed by atoms with E-state index < -0.39 is 10.1 Å². The normalized spacial score (nSPS) is 11.1. The number of allylic oxidation sites excluding steroid dienone is 1. The van der Waals surface area contributed by atoms with Crippen molar-refractivity contribution in [3.05, 3.63) is 35.9 Å². The Bertz CT molecular complexity index is 505. The van der Waals surface area contributed by atoms with Crippen LogP contribution in [0.25, 0.3) is 6.08 Å². The maximum absolute atomic E-state index is 10.8. The van der Waals surface area contributed by atoms with Crippen molar-refractivity contribution in [1.29, 1.82) is 0 Å². The van der Waals surface area contributed by atoms with Crippen LogP contribution in [-0.4, -0.2) is 18.8 Å². The van der Waals surface area contributed by atoms with Crippen molar-refractivity contribution < 1.29 is 47.3 Å². The second kappa shape index (κ2) is 6.32. The van der Waals surface area contributed by atoms with Crippen molar-refractivity contribution in [2.24, 2.45) is 0 Å². The summed E-state index contributed by atoms with van der Waals surface area (Å²) in [5.41, 5.74) is 0.225. The van der Waals surface area contributed by atoms with Crippen LogP contribution in [0.2, 0.25) is 0 Å². The van der Waals surface area contributed by atoms with E-state index in [1.807, 2.05) is 0 Å². The molecule has 0 fully saturated rings. The number of carbonyl (C=O) groups excluding carboxylic acids is 1. The molecular formula is C10H9NaO4S. The second-order valence-corrected chi connectivity index (χ2v) is 4.28. The van der Waals surface area contributed by atoms with E-state index in [0.29, 0.717) is 0 Å². The number of hydrogen-bond donors (Lipinski definition) is 0. The Hall–Kier alpha value is -0.460. The molecule has 0 spiro atoms. The fourth-order valence-corrected chi connectivity index (χ4v) is 1.72. The summed E-state index contributed by atoms with van der Waals surface area (Å²) >= 11 is 0. The Labute approximate surface area is 116 Å². The molecule has 0 aliphatic rings. The number of carbonyl (C=O) groups is 1. The van der Waals surface area contributed by atoms with E-state index >= 15 is 0 Å². The fourth-order valence-electron chi connectivity index (χ4n) is 1.05. The smallest absolute Gasteiger partial charge is 0.744 e. The second-order valence-electron chi connectivity index (χ2n) is 2.94. The van der Waals surface area contributed by atoms with E-state index in [9.17, 15) is 17.8 Å². The Morgan fingerprint density at radius 3 is 2.38 bits per heavy atom. The van der Waals surface area contributed by atoms with Crippen LogP contribution in [0, 0.1) is 0 Å². The molecule has 0 unspecified atom stereocenters. The van der Waals surface area contributed by atoms with Crippen molar-refractivity contribution in [2.45, 2.75) is 11.8 Å². The summed E-state index contributed by atoms with van der Waals surface area (Å²) in [6.45, 7) is 1.34. The Morgan fingerprint density at radius 2 is 1.88 bits per heavy atom. The minimum absolute atomic E-state index is 0. The van der Waals surface area contributed by atoms with Gasteiger partial charge in [-0.2, -0.15) is 0 Å². The van der Waals surface area contributed by atoms with Crippen LogP contribution in [0.1, 0.15) is 12.5 Å². The summed E-state index contributed by atoms with van der Waals surface area (Å²) in [4.78, 5) is 10.3. The van der Waals surface area contributed by atoms with Gasteiger partial charge in [-0.05, 0) is 24.6 Å². The maximum Gasteiger partial charge on any atom is 1.00 e. The molecule has 0 aliphatic heterocycles. The summed E-state index contributed by atoms with van der Waals surface area (Å²) in [7, 11) is -4.49. The summed E-state index contributed by atoms with van der Waals surface area (Å²) in [5.74, 6) is -0.215. The predicted molar refractivity (Wildman–Crippen MR) is 54.1 cm³/mol. The molecule has 16 heavy (non-hydrogen) atoms. The van der Waals surface area contributed by atoms with Gasteiger partial charge in [0.15, 0.2) is 5.78 Å². The van der Waals surface area contributed by atoms with Gasteiger partial charge in [0.05, 0.1) is 4.90 Å². The van der Waals surface area contributed by atoms with Crippen molar-refractivity contribution in [2.75, 3.05) is 0 Å². The predicted octanol–water partition coefficient (Wildman–Crippen LogP) is -1.80. The van der Waals surface area contributed by atoms with Gasteiger partial charge in [0.2, 0.25) is 0 Å². The van der Waals surface area contributed by atoms with Gasteiger partial charge in [0, 0.05) is 0 Å². The zero-order valence-electron chi connectivity index (χ0n) is 9.01. The van der Waals surface area contributed by atoms with Crippen LogP contribution in [0.5, 0.6) is 0 Å². The van der Waals surface area contributed by atoms with Crippen LogP contribution in [-0.2, 0) is 14.9 Å². The van der Waals surface area contributed by atoms with E-state index in [1.165, 1.54) is 37.3 Å². The van der Waals surface area contributed by atoms with E-state index in [0.717, 1.165) is 0 Å². The van der Waals surface area contributed by atoms with Gasteiger partial charge in [0.1, 0.15) is 10.1 Å². The first-order chi connectivity index (χ1) is 6.91. The van der Waals surface area contributed by atoms with Gasteiger partial charge < -0.3 is 4.55 Å². The summed E-state index contributed by atoms with van der Waals surface area (Å²) < 4.78 is 32.5. The van der Waals surface area contributed by atoms with E-state index in [4.69, 9.17) is 0 Å². The zero-order valence-corrected chi connectivity index (χ0v) is 11.8. The SMILES string of the molecule is CC(=O)C=Cc1ccccc1S(=O)(=O)[O-].[Na+]. The van der Waals surface area contributed by atoms with Crippen LogP contribution >= 0.6 is 0 Å². The van der Waals surface area contributed by atoms with Gasteiger partial charge in [-0.3, -0.25) is 4.79 Å². The maximum atomic E-state index is 10.8. The van der Waals surface area contributed by atoms with E-state index in [-0.39, 0.29) is 45.8 Å². The Kier molecular flexibility index (Phi) is 6.14. The van der Waals surface area contributed by atoms with Crippen molar-refractivity contribution in [1.82, 2.24) is 0 Å². The van der Waals surface area contributed by atoms with Gasteiger partial charge in [-0.15, -0.1) is 0 Å². The molecule has 4 nitrogen and oxygen atoms in total. The first-order valence-electron chi connectivity index (χ1n) is 4.15. The van der Waals surface area contributed by atoms with Crippen LogP contribution in [0.15, 0.2) is 35.2 Å². The van der Waals surface area contributed by atoms with Crippen LogP contribution < -0.4 is 29.6 Å². The third-order valence-electron chi connectivity index (χ3n) is 1.69. The molecule has 0 heterocycles. The van der Waals surface area contributed by atoms with Gasteiger partial charge in [0.25, 0.3) is 0 Å². The molecular weight excluding hydrogens is 239 g/mol. The average molecular weight is 248 g/mol. The molecule has 6 heteroatoms. The topological polar surface area (TPSA) is 74.3 Å². The number of hydrogen-bond acceptors (Lipinski definition) is 4. The minimum Gasteiger partial charge on any atom is -0.744 e. The molecule has 0 bridgehead atoms. The molecule has 1 aromatic carbocycles. The molecule has 0 aromatic heterocycles. The Morgan fingerprint density at radius 1 is 1.31 bits per heavy atom. The average Bonchev–Trinajstić information content (AvgIpc) is 2.13. The summed E-state index contributed by atoms with van der Waals surface area (Å²) in [5, 5.41) is 0. The van der Waals surface area contributed by atoms with Crippen LogP contribution in [0.4, 0.5) is 0 Å². The molecule has 0 aliphatic carbocycles. The number of ketones is 1. The summed E-state index contributed by atoms with van der Waals surface area (Å²) in [6.07, 6.45) is 2.52. The van der Waals surface area contributed by atoms with Gasteiger partial charge in [-0.1, -0.05) is 24.3 Å². The largest absolute Gasteiger partial charge is 1.00 e. The third kappa shape index (κ3) is 4.59. The number of rotatable bonds is 3. The first-order valence-corrected chi connectivity index (χ1v) is 5.55. The number of benzene rings is 1. The standard InChI is InChI=1S/C10H10O4S.Na/c1-8(11)6-7-9-4-2-3-5-10(9)15(12,13)14;/h2-7H,1H3,(H,12,13,14);/q;+1/p-1. The Balaban J connectivity index is 0.00000225. The zero-order chi connectivity index (χ0) is 11.5. The first kappa shape index (κ1) is 15.5. The minimum atomic E-state index is -4.49. The van der Waals surface area contributed by atoms with Crippen molar-refractivity contribution >= 4 is 22.0 Å². The molecule has 1 rings (SSSR count). The quantitative estimate of drug-likeness (QED) is 0.359. The van der Waals surface area contributed by atoms with Crippen LogP contribution in [0.3, 0.4) is 0 Å². The molecule has 80 valence electrons. The fraction of sp³-hybridized carbons (Fsp3) is 0.100. The molecule has 0 atom stereocenters. The molecule has 0 radical (unpaired) electrons. The monoisotopic (exact) mass is 248 g/mol. The van der Waals surface area contributed by atoms with Gasteiger partial charge in [-0.25, -0.2) is 8.42 Å². The molecule has 0 N–H and O–H groups in total. The van der Waals surface area contributed by atoms with Crippen molar-refractivity contribution in [3.63, 3.8) is 0 Å². The molecule has 1 aromatic rings. The van der Waals surface area contributed by atoms with E-state index in [1.54, 1.807) is 6.07 Å². The van der Waals surface area contributed by atoms with Crippen molar-refractivity contribution in [3.8, 4) is 0 Å².